The van der Waals surface area contributed by atoms with E-state index in [1.165, 1.54) is 43.4 Å². The van der Waals surface area contributed by atoms with Crippen LogP contribution in [0.15, 0.2) is 71.4 Å². The van der Waals surface area contributed by atoms with E-state index in [0.29, 0.717) is 0 Å². The molecular weight excluding hydrogens is 330 g/mol. The molecule has 0 fully saturated rings. The van der Waals surface area contributed by atoms with Gasteiger partial charge in [-0.1, -0.05) is 30.3 Å². The zero-order valence-electron chi connectivity index (χ0n) is 13.0. The van der Waals surface area contributed by atoms with Crippen molar-refractivity contribution in [3.05, 3.63) is 82.6 Å². The zero-order valence-corrected chi connectivity index (χ0v) is 14.6. The summed E-state index contributed by atoms with van der Waals surface area (Å²) in [6, 6.07) is 22.1. The maximum absolute atomic E-state index is 3.62. The van der Waals surface area contributed by atoms with Crippen molar-refractivity contribution < 1.29 is 0 Å². The summed E-state index contributed by atoms with van der Waals surface area (Å²) >= 11 is 3.58. The summed E-state index contributed by atoms with van der Waals surface area (Å²) in [5.74, 6) is 0. The van der Waals surface area contributed by atoms with Crippen LogP contribution in [0.2, 0.25) is 0 Å². The minimum Gasteiger partial charge on any atom is -0.355 e. The van der Waals surface area contributed by atoms with E-state index in [2.05, 4.69) is 76.7 Å². The monoisotopic (exact) mass is 345 g/mol. The van der Waals surface area contributed by atoms with Gasteiger partial charge < -0.3 is 5.32 Å². The summed E-state index contributed by atoms with van der Waals surface area (Å²) in [5.41, 5.74) is 7.80. The molecular formula is C21H15NS2. The second-order valence-corrected chi connectivity index (χ2v) is 7.90. The van der Waals surface area contributed by atoms with E-state index in [-0.39, 0.29) is 0 Å². The van der Waals surface area contributed by atoms with Gasteiger partial charge in [-0.3, -0.25) is 0 Å². The molecule has 5 rings (SSSR count). The molecule has 0 spiro atoms. The molecule has 0 unspecified atom stereocenters. The van der Waals surface area contributed by atoms with Crippen molar-refractivity contribution in [3.8, 4) is 20.9 Å². The van der Waals surface area contributed by atoms with Crippen molar-refractivity contribution in [1.82, 2.24) is 0 Å². The quantitative estimate of drug-likeness (QED) is 0.371. The average Bonchev–Trinajstić information content (AvgIpc) is 3.32. The van der Waals surface area contributed by atoms with Crippen molar-refractivity contribution in [2.75, 3.05) is 5.32 Å². The minimum absolute atomic E-state index is 0.988. The third-order valence-corrected chi connectivity index (χ3v) is 6.31. The first-order valence-corrected chi connectivity index (χ1v) is 9.73. The van der Waals surface area contributed by atoms with Crippen LogP contribution in [0, 0.1) is 0 Å². The highest BCUT2D eigenvalue weighted by Crippen LogP contribution is 2.38. The molecule has 24 heavy (non-hydrogen) atoms. The lowest BCUT2D eigenvalue weighted by atomic mass is 9.94. The van der Waals surface area contributed by atoms with Crippen molar-refractivity contribution in [2.45, 2.75) is 6.42 Å². The first kappa shape index (κ1) is 14.0. The molecule has 116 valence electrons. The van der Waals surface area contributed by atoms with Crippen LogP contribution in [0.3, 0.4) is 0 Å². The minimum atomic E-state index is 0.988. The number of benzene rings is 2. The predicted molar refractivity (Wildman–Crippen MR) is 106 cm³/mol. The molecule has 0 amide bonds. The maximum atomic E-state index is 3.62. The molecule has 0 atom stereocenters. The summed E-state index contributed by atoms with van der Waals surface area (Å²) in [4.78, 5) is 2.65. The van der Waals surface area contributed by atoms with Crippen LogP contribution in [-0.4, -0.2) is 0 Å². The molecule has 0 radical (unpaired) electrons. The lowest BCUT2D eigenvalue weighted by Crippen LogP contribution is -2.06. The number of hydrogen-bond acceptors (Lipinski definition) is 3. The first-order chi connectivity index (χ1) is 11.9. The third-order valence-electron chi connectivity index (χ3n) is 4.48. The molecule has 1 aliphatic rings. The average molecular weight is 345 g/mol. The van der Waals surface area contributed by atoms with Gasteiger partial charge in [0.05, 0.1) is 0 Å². The molecule has 3 heterocycles. The molecule has 0 saturated carbocycles. The third kappa shape index (κ3) is 2.37. The smallest absolute Gasteiger partial charge is 0.0426 e. The van der Waals surface area contributed by atoms with E-state index in [4.69, 9.17) is 0 Å². The van der Waals surface area contributed by atoms with Crippen LogP contribution >= 0.6 is 22.7 Å². The van der Waals surface area contributed by atoms with Gasteiger partial charge in [0.2, 0.25) is 0 Å². The predicted octanol–water partition coefficient (Wildman–Crippen LogP) is 6.79. The van der Waals surface area contributed by atoms with Gasteiger partial charge in [-0.2, -0.15) is 0 Å². The fourth-order valence-electron chi connectivity index (χ4n) is 3.25. The Morgan fingerprint density at radius 3 is 2.08 bits per heavy atom. The number of hydrogen-bond donors (Lipinski definition) is 1. The van der Waals surface area contributed by atoms with E-state index in [0.717, 1.165) is 6.42 Å². The number of nitrogens with one attached hydrogen (secondary N) is 1. The summed E-state index contributed by atoms with van der Waals surface area (Å²) in [7, 11) is 0. The van der Waals surface area contributed by atoms with Crippen LogP contribution in [0.1, 0.15) is 11.1 Å². The largest absolute Gasteiger partial charge is 0.355 e. The zero-order chi connectivity index (χ0) is 15.9. The topological polar surface area (TPSA) is 12.0 Å². The summed E-state index contributed by atoms with van der Waals surface area (Å²) < 4.78 is 0. The normalized spacial score (nSPS) is 12.3. The highest BCUT2D eigenvalue weighted by atomic mass is 32.1. The summed E-state index contributed by atoms with van der Waals surface area (Å²) in [5, 5.41) is 7.89. The van der Waals surface area contributed by atoms with Gasteiger partial charge in [0.1, 0.15) is 0 Å². The Balaban J connectivity index is 1.52. The van der Waals surface area contributed by atoms with Crippen molar-refractivity contribution in [3.63, 3.8) is 0 Å². The Morgan fingerprint density at radius 1 is 0.667 bits per heavy atom. The molecule has 0 bridgehead atoms. The van der Waals surface area contributed by atoms with Crippen LogP contribution in [0.25, 0.3) is 20.9 Å². The summed E-state index contributed by atoms with van der Waals surface area (Å²) in [6.07, 6.45) is 0.988. The molecule has 1 N–H and O–H groups in total. The van der Waals surface area contributed by atoms with Crippen LogP contribution in [0.5, 0.6) is 0 Å². The van der Waals surface area contributed by atoms with Gasteiger partial charge >= 0.3 is 0 Å². The second-order valence-electron chi connectivity index (χ2n) is 6.00. The van der Waals surface area contributed by atoms with E-state index >= 15 is 0 Å². The Labute approximate surface area is 149 Å². The number of fused-ring (bicyclic) bond motifs is 2. The van der Waals surface area contributed by atoms with E-state index in [1.807, 2.05) is 0 Å². The highest BCUT2D eigenvalue weighted by molar-refractivity contribution is 7.13. The van der Waals surface area contributed by atoms with E-state index in [1.54, 1.807) is 22.7 Å². The number of thiophene rings is 2. The van der Waals surface area contributed by atoms with Crippen molar-refractivity contribution in [2.24, 2.45) is 0 Å². The van der Waals surface area contributed by atoms with Crippen LogP contribution in [0.4, 0.5) is 11.4 Å². The second kappa shape index (κ2) is 5.62. The van der Waals surface area contributed by atoms with Crippen LogP contribution in [-0.2, 0) is 6.42 Å². The van der Waals surface area contributed by atoms with Crippen LogP contribution < -0.4 is 5.32 Å². The standard InChI is InChI=1S/C21H15NS2/c1-3-20(23-9-1)15-7-8-18-17(12-15)11-14-5-6-16(13-19(14)22-18)21-4-2-10-24-21/h1-10,12-13,22H,11H2. The van der Waals surface area contributed by atoms with Gasteiger partial charge in [-0.05, 0) is 63.3 Å². The Morgan fingerprint density at radius 2 is 1.38 bits per heavy atom. The van der Waals surface area contributed by atoms with Gasteiger partial charge in [0.25, 0.3) is 0 Å². The molecule has 2 aromatic carbocycles. The van der Waals surface area contributed by atoms with E-state index in [9.17, 15) is 0 Å². The molecule has 3 heteroatoms. The fourth-order valence-corrected chi connectivity index (χ4v) is 4.70. The number of rotatable bonds is 2. The SMILES string of the molecule is c1csc(-c2ccc3c(c2)Cc2ccc(-c4cccs4)cc2N3)c1. The molecule has 0 aliphatic carbocycles. The van der Waals surface area contributed by atoms with Crippen molar-refractivity contribution >= 4 is 34.0 Å². The van der Waals surface area contributed by atoms with Gasteiger partial charge in [0.15, 0.2) is 0 Å². The molecule has 2 aromatic heterocycles. The Bertz CT molecular complexity index is 915. The lowest BCUT2D eigenvalue weighted by molar-refractivity contribution is 1.16. The number of anilines is 2. The van der Waals surface area contributed by atoms with Gasteiger partial charge in [-0.15, -0.1) is 22.7 Å². The molecule has 1 nitrogen and oxygen atoms in total. The molecule has 4 aromatic rings. The Hall–Kier alpha value is -2.36. The summed E-state index contributed by atoms with van der Waals surface area (Å²) in [6.45, 7) is 0. The lowest BCUT2D eigenvalue weighted by Gasteiger charge is -2.22. The molecule has 0 saturated heterocycles. The van der Waals surface area contributed by atoms with Gasteiger partial charge in [-0.25, -0.2) is 0 Å². The van der Waals surface area contributed by atoms with Gasteiger partial charge in [0, 0.05) is 27.5 Å². The molecule has 1 aliphatic heterocycles. The maximum Gasteiger partial charge on any atom is 0.0426 e. The van der Waals surface area contributed by atoms with Crippen molar-refractivity contribution in [1.29, 1.82) is 0 Å². The first-order valence-electron chi connectivity index (χ1n) is 7.97. The fraction of sp³-hybridized carbons (Fsp3) is 0.0476. The van der Waals surface area contributed by atoms with E-state index < -0.39 is 0 Å². The Kier molecular flexibility index (Phi) is 3.28. The highest BCUT2D eigenvalue weighted by Gasteiger charge is 2.16.